The zero-order valence-electron chi connectivity index (χ0n) is 13.2. The Bertz CT molecular complexity index is 402. The van der Waals surface area contributed by atoms with E-state index >= 15 is 0 Å². The van der Waals surface area contributed by atoms with Gasteiger partial charge in [0.15, 0.2) is 6.29 Å². The van der Waals surface area contributed by atoms with E-state index in [1.165, 1.54) is 0 Å². The first kappa shape index (κ1) is 15.9. The number of urea groups is 1. The third-order valence-electron chi connectivity index (χ3n) is 4.73. The number of aliphatic hydroxyl groups is 1. The van der Waals surface area contributed by atoms with Crippen LogP contribution in [-0.4, -0.2) is 97.9 Å². The summed E-state index contributed by atoms with van der Waals surface area (Å²) in [6, 6.07) is -0.966. The molecule has 3 rings (SSSR count). The van der Waals surface area contributed by atoms with Crippen LogP contribution in [0.3, 0.4) is 0 Å². The molecule has 2 amide bonds. The Balaban J connectivity index is 1.69. The Morgan fingerprint density at radius 1 is 1.32 bits per heavy atom. The molecule has 0 radical (unpaired) electrons. The lowest BCUT2D eigenvalue weighted by atomic mass is 9.94. The van der Waals surface area contributed by atoms with E-state index in [9.17, 15) is 9.90 Å². The number of fused-ring (bicyclic) bond motifs is 2. The SMILES string of the molecule is CCNC(=O)N[C@H]1[C@H](O)[C@@H](N2CCN(C)CC2)[C@@H]2OC[C@H]1O2. The second kappa shape index (κ2) is 6.67. The lowest BCUT2D eigenvalue weighted by molar-refractivity contribution is -0.184. The maximum Gasteiger partial charge on any atom is 0.315 e. The van der Waals surface area contributed by atoms with Crippen molar-refractivity contribution < 1.29 is 19.4 Å². The zero-order valence-corrected chi connectivity index (χ0v) is 13.2. The largest absolute Gasteiger partial charge is 0.389 e. The van der Waals surface area contributed by atoms with Gasteiger partial charge in [0.25, 0.3) is 0 Å². The molecule has 0 aromatic rings. The summed E-state index contributed by atoms with van der Waals surface area (Å²) < 4.78 is 11.6. The number of ether oxygens (including phenoxy) is 2. The molecule has 3 saturated heterocycles. The van der Waals surface area contributed by atoms with Gasteiger partial charge in [0.2, 0.25) is 0 Å². The van der Waals surface area contributed by atoms with Crippen LogP contribution in [-0.2, 0) is 9.47 Å². The van der Waals surface area contributed by atoms with Gasteiger partial charge in [-0.1, -0.05) is 0 Å². The van der Waals surface area contributed by atoms with E-state index in [0.29, 0.717) is 13.2 Å². The normalized spacial score (nSPS) is 39.7. The smallest absolute Gasteiger partial charge is 0.315 e. The average molecular weight is 314 g/mol. The van der Waals surface area contributed by atoms with Crippen molar-refractivity contribution in [2.24, 2.45) is 0 Å². The fourth-order valence-electron chi connectivity index (χ4n) is 3.45. The molecule has 5 atom stereocenters. The molecule has 3 N–H and O–H groups in total. The lowest BCUT2D eigenvalue weighted by Gasteiger charge is -2.46. The molecule has 8 heteroatoms. The van der Waals surface area contributed by atoms with E-state index in [2.05, 4.69) is 27.5 Å². The van der Waals surface area contributed by atoms with E-state index in [1.807, 2.05) is 6.92 Å². The van der Waals surface area contributed by atoms with Gasteiger partial charge in [0.1, 0.15) is 6.10 Å². The molecule has 0 aromatic heterocycles. The van der Waals surface area contributed by atoms with Crippen LogP contribution < -0.4 is 10.6 Å². The number of piperazine rings is 1. The highest BCUT2D eigenvalue weighted by Gasteiger charge is 2.52. The highest BCUT2D eigenvalue weighted by molar-refractivity contribution is 5.74. The van der Waals surface area contributed by atoms with Crippen molar-refractivity contribution in [2.75, 3.05) is 46.4 Å². The summed E-state index contributed by atoms with van der Waals surface area (Å²) >= 11 is 0. The summed E-state index contributed by atoms with van der Waals surface area (Å²) in [6.07, 6.45) is -1.39. The minimum Gasteiger partial charge on any atom is -0.389 e. The molecule has 3 heterocycles. The van der Waals surface area contributed by atoms with Crippen LogP contribution in [0.25, 0.3) is 0 Å². The lowest BCUT2D eigenvalue weighted by Crippen LogP contribution is -2.67. The van der Waals surface area contributed by atoms with Crippen molar-refractivity contribution in [3.8, 4) is 0 Å². The first-order valence-corrected chi connectivity index (χ1v) is 8.02. The van der Waals surface area contributed by atoms with Crippen molar-refractivity contribution in [1.82, 2.24) is 20.4 Å². The topological polar surface area (TPSA) is 86.3 Å². The summed E-state index contributed by atoms with van der Waals surface area (Å²) in [4.78, 5) is 16.3. The molecule has 22 heavy (non-hydrogen) atoms. The van der Waals surface area contributed by atoms with Gasteiger partial charge in [0.05, 0.1) is 24.8 Å². The highest BCUT2D eigenvalue weighted by Crippen LogP contribution is 2.31. The third-order valence-corrected chi connectivity index (χ3v) is 4.73. The van der Waals surface area contributed by atoms with Gasteiger partial charge in [-0.05, 0) is 14.0 Å². The van der Waals surface area contributed by atoms with Gasteiger partial charge in [-0.25, -0.2) is 4.79 Å². The Morgan fingerprint density at radius 2 is 2.05 bits per heavy atom. The molecule has 0 spiro atoms. The number of likely N-dealkylation sites (N-methyl/N-ethyl adjacent to an activating group) is 1. The van der Waals surface area contributed by atoms with Gasteiger partial charge in [-0.15, -0.1) is 0 Å². The van der Waals surface area contributed by atoms with Crippen molar-refractivity contribution in [3.63, 3.8) is 0 Å². The summed E-state index contributed by atoms with van der Waals surface area (Å²) in [5.74, 6) is 0. The number of hydrogen-bond donors (Lipinski definition) is 3. The minimum absolute atomic E-state index is 0.237. The molecule has 3 fully saturated rings. The Morgan fingerprint density at radius 3 is 2.73 bits per heavy atom. The Labute approximate surface area is 130 Å². The van der Waals surface area contributed by atoms with E-state index in [1.54, 1.807) is 0 Å². The zero-order chi connectivity index (χ0) is 15.7. The molecule has 0 unspecified atom stereocenters. The number of aliphatic hydroxyl groups excluding tert-OH is 1. The number of carbonyl (C=O) groups excluding carboxylic acids is 1. The molecular weight excluding hydrogens is 288 g/mol. The number of hydrogen-bond acceptors (Lipinski definition) is 6. The summed E-state index contributed by atoms with van der Waals surface area (Å²) in [5.41, 5.74) is 0. The fourth-order valence-corrected chi connectivity index (χ4v) is 3.45. The summed E-state index contributed by atoms with van der Waals surface area (Å²) in [7, 11) is 2.09. The van der Waals surface area contributed by atoms with Crippen LogP contribution in [0.4, 0.5) is 4.79 Å². The molecule has 8 nitrogen and oxygen atoms in total. The van der Waals surface area contributed by atoms with Gasteiger partial charge < -0.3 is 30.1 Å². The Hall–Kier alpha value is -0.930. The second-order valence-electron chi connectivity index (χ2n) is 6.23. The van der Waals surface area contributed by atoms with Crippen LogP contribution in [0, 0.1) is 0 Å². The first-order chi connectivity index (χ1) is 10.6. The first-order valence-electron chi connectivity index (χ1n) is 8.02. The van der Waals surface area contributed by atoms with Crippen molar-refractivity contribution in [1.29, 1.82) is 0 Å². The maximum atomic E-state index is 11.8. The molecule has 3 aliphatic heterocycles. The molecule has 126 valence electrons. The van der Waals surface area contributed by atoms with Crippen molar-refractivity contribution >= 4 is 6.03 Å². The van der Waals surface area contributed by atoms with Crippen LogP contribution >= 0.6 is 0 Å². The van der Waals surface area contributed by atoms with Gasteiger partial charge in [-0.2, -0.15) is 0 Å². The van der Waals surface area contributed by atoms with E-state index < -0.39 is 18.4 Å². The standard InChI is InChI=1S/C14H26N4O4/c1-3-15-14(20)16-10-9-8-21-13(22-9)11(12(10)19)18-6-4-17(2)5-7-18/h9-13,19H,3-8H2,1-2H3,(H2,15,16,20)/t9-,10-,11-,12+,13-/m1/s1. The third kappa shape index (κ3) is 3.07. The molecule has 0 aliphatic carbocycles. The van der Waals surface area contributed by atoms with Crippen molar-refractivity contribution in [3.05, 3.63) is 0 Å². The predicted molar refractivity (Wildman–Crippen MR) is 79.5 cm³/mol. The van der Waals surface area contributed by atoms with Crippen LogP contribution in [0.15, 0.2) is 0 Å². The molecule has 0 aromatic carbocycles. The number of nitrogens with one attached hydrogen (secondary N) is 2. The Kier molecular flexibility index (Phi) is 4.84. The van der Waals surface area contributed by atoms with Crippen LogP contribution in [0.5, 0.6) is 0 Å². The number of amides is 2. The maximum absolute atomic E-state index is 11.8. The predicted octanol–water partition coefficient (Wildman–Crippen LogP) is -1.59. The van der Waals surface area contributed by atoms with Crippen molar-refractivity contribution in [2.45, 2.75) is 37.5 Å². The van der Waals surface area contributed by atoms with Gasteiger partial charge >= 0.3 is 6.03 Å². The molecule has 3 aliphatic rings. The fraction of sp³-hybridized carbons (Fsp3) is 0.929. The monoisotopic (exact) mass is 314 g/mol. The molecular formula is C14H26N4O4. The number of carbonyl (C=O) groups is 1. The van der Waals surface area contributed by atoms with Crippen LogP contribution in [0.2, 0.25) is 0 Å². The van der Waals surface area contributed by atoms with Gasteiger partial charge in [0, 0.05) is 32.7 Å². The quantitative estimate of drug-likeness (QED) is 0.582. The van der Waals surface area contributed by atoms with E-state index in [-0.39, 0.29) is 18.2 Å². The second-order valence-corrected chi connectivity index (χ2v) is 6.23. The summed E-state index contributed by atoms with van der Waals surface area (Å²) in [6.45, 7) is 6.43. The van der Waals surface area contributed by atoms with E-state index in [4.69, 9.17) is 9.47 Å². The van der Waals surface area contributed by atoms with Crippen LogP contribution in [0.1, 0.15) is 6.92 Å². The number of rotatable bonds is 3. The summed E-state index contributed by atoms with van der Waals surface area (Å²) in [5, 5.41) is 16.3. The molecule has 2 bridgehead atoms. The minimum atomic E-state index is -0.697. The number of nitrogens with zero attached hydrogens (tertiary/aromatic N) is 2. The average Bonchev–Trinajstić information content (AvgIpc) is 2.91. The highest BCUT2D eigenvalue weighted by atomic mass is 16.7. The molecule has 0 saturated carbocycles. The van der Waals surface area contributed by atoms with E-state index in [0.717, 1.165) is 26.2 Å². The van der Waals surface area contributed by atoms with Gasteiger partial charge in [-0.3, -0.25) is 4.90 Å².